The molecule has 1 aliphatic heterocycles. The summed E-state index contributed by atoms with van der Waals surface area (Å²) in [7, 11) is -1.24. The number of rotatable bonds is 8. The zero-order valence-corrected chi connectivity index (χ0v) is 14.6. The molecule has 2 rings (SSSR count). The molecule has 0 aliphatic carbocycles. The SMILES string of the molecule is CC(C)(C)[S@@](=O)/N=C/COCCCC1(c2ccon2)OCCO1. The first-order valence-electron chi connectivity index (χ1n) is 7.65. The van der Waals surface area contributed by atoms with Crippen LogP contribution in [0.1, 0.15) is 39.3 Å². The molecule has 0 saturated carbocycles. The van der Waals surface area contributed by atoms with E-state index < -0.39 is 16.8 Å². The van der Waals surface area contributed by atoms with E-state index in [2.05, 4.69) is 9.55 Å². The largest absolute Gasteiger partial charge is 0.376 e. The van der Waals surface area contributed by atoms with Crippen molar-refractivity contribution in [1.29, 1.82) is 0 Å². The van der Waals surface area contributed by atoms with E-state index in [-0.39, 0.29) is 4.75 Å². The third-order valence-corrected chi connectivity index (χ3v) is 4.65. The molecule has 8 heteroatoms. The molecule has 0 radical (unpaired) electrons. The Hall–Kier alpha value is -1.09. The van der Waals surface area contributed by atoms with Gasteiger partial charge in [0.15, 0.2) is 0 Å². The van der Waals surface area contributed by atoms with Gasteiger partial charge in [0.2, 0.25) is 5.79 Å². The summed E-state index contributed by atoms with van der Waals surface area (Å²) in [6.45, 7) is 7.59. The topological polar surface area (TPSA) is 83.2 Å². The van der Waals surface area contributed by atoms with Crippen LogP contribution in [-0.4, -0.2) is 46.8 Å². The lowest BCUT2D eigenvalue weighted by Crippen LogP contribution is -2.28. The molecule has 0 spiro atoms. The van der Waals surface area contributed by atoms with Gasteiger partial charge in [-0.2, -0.15) is 4.40 Å². The van der Waals surface area contributed by atoms with Crippen molar-refractivity contribution in [2.24, 2.45) is 4.40 Å². The molecule has 23 heavy (non-hydrogen) atoms. The lowest BCUT2D eigenvalue weighted by atomic mass is 10.1. The number of ether oxygens (including phenoxy) is 3. The van der Waals surface area contributed by atoms with E-state index in [1.807, 2.05) is 20.8 Å². The van der Waals surface area contributed by atoms with Gasteiger partial charge in [0.1, 0.15) is 22.9 Å². The Balaban J connectivity index is 1.69. The Kier molecular flexibility index (Phi) is 6.46. The Morgan fingerprint density at radius 2 is 2.17 bits per heavy atom. The lowest BCUT2D eigenvalue weighted by molar-refractivity contribution is -0.177. The van der Waals surface area contributed by atoms with Crippen LogP contribution in [0.25, 0.3) is 0 Å². The van der Waals surface area contributed by atoms with Crippen molar-refractivity contribution >= 4 is 17.2 Å². The molecule has 1 fully saturated rings. The van der Waals surface area contributed by atoms with Crippen LogP contribution in [0.15, 0.2) is 21.3 Å². The average Bonchev–Trinajstić information content (AvgIpc) is 3.17. The lowest BCUT2D eigenvalue weighted by Gasteiger charge is -2.24. The second-order valence-electron chi connectivity index (χ2n) is 6.16. The maximum atomic E-state index is 11.7. The Morgan fingerprint density at radius 3 is 2.78 bits per heavy atom. The number of nitrogens with zero attached hydrogens (tertiary/aromatic N) is 2. The van der Waals surface area contributed by atoms with Crippen LogP contribution in [0.3, 0.4) is 0 Å². The fraction of sp³-hybridized carbons (Fsp3) is 0.733. The molecule has 2 heterocycles. The molecule has 1 aromatic rings. The molecular weight excluding hydrogens is 320 g/mol. The summed E-state index contributed by atoms with van der Waals surface area (Å²) in [6, 6.07) is 1.75. The van der Waals surface area contributed by atoms with Crippen LogP contribution in [0.5, 0.6) is 0 Å². The van der Waals surface area contributed by atoms with Crippen LogP contribution >= 0.6 is 0 Å². The van der Waals surface area contributed by atoms with Gasteiger partial charge in [0.05, 0.1) is 24.6 Å². The summed E-state index contributed by atoms with van der Waals surface area (Å²) in [6.07, 6.45) is 4.43. The van der Waals surface area contributed by atoms with Crippen molar-refractivity contribution in [1.82, 2.24) is 5.16 Å². The summed E-state index contributed by atoms with van der Waals surface area (Å²) in [4.78, 5) is 0. The number of hydrogen-bond donors (Lipinski definition) is 0. The minimum absolute atomic E-state index is 0.334. The van der Waals surface area contributed by atoms with E-state index in [1.54, 1.807) is 12.3 Å². The highest BCUT2D eigenvalue weighted by atomic mass is 32.2. The second-order valence-corrected chi connectivity index (χ2v) is 8.10. The second kappa shape index (κ2) is 8.14. The maximum Gasteiger partial charge on any atom is 0.215 e. The fourth-order valence-corrected chi connectivity index (χ4v) is 2.60. The number of aromatic nitrogens is 1. The van der Waals surface area contributed by atoms with Crippen LogP contribution < -0.4 is 0 Å². The van der Waals surface area contributed by atoms with Crippen molar-refractivity contribution in [3.63, 3.8) is 0 Å². The Bertz CT molecular complexity index is 518. The summed E-state index contributed by atoms with van der Waals surface area (Å²) in [5.74, 6) is -0.821. The highest BCUT2D eigenvalue weighted by molar-refractivity contribution is 7.85. The van der Waals surface area contributed by atoms with Gasteiger partial charge in [-0.05, 0) is 27.2 Å². The van der Waals surface area contributed by atoms with Gasteiger partial charge < -0.3 is 18.7 Å². The predicted molar refractivity (Wildman–Crippen MR) is 86.5 cm³/mol. The van der Waals surface area contributed by atoms with Gasteiger partial charge in [-0.25, -0.2) is 4.21 Å². The van der Waals surface area contributed by atoms with E-state index in [1.165, 1.54) is 6.26 Å². The van der Waals surface area contributed by atoms with Gasteiger partial charge in [-0.15, -0.1) is 0 Å². The molecule has 7 nitrogen and oxygen atoms in total. The first kappa shape index (κ1) is 18.3. The van der Waals surface area contributed by atoms with E-state index >= 15 is 0 Å². The van der Waals surface area contributed by atoms with E-state index in [4.69, 9.17) is 18.7 Å². The fourth-order valence-electron chi connectivity index (χ4n) is 2.08. The minimum atomic E-state index is -1.24. The molecule has 1 saturated heterocycles. The van der Waals surface area contributed by atoms with E-state index in [0.29, 0.717) is 38.5 Å². The molecular formula is C15H24N2O5S. The van der Waals surface area contributed by atoms with Crippen LogP contribution in [0.4, 0.5) is 0 Å². The summed E-state index contributed by atoms with van der Waals surface area (Å²) < 4.78 is 37.1. The summed E-state index contributed by atoms with van der Waals surface area (Å²) >= 11 is 0. The van der Waals surface area contributed by atoms with Crippen LogP contribution in [0.2, 0.25) is 0 Å². The molecule has 1 atom stereocenters. The van der Waals surface area contributed by atoms with E-state index in [0.717, 1.165) is 6.42 Å². The molecule has 0 unspecified atom stereocenters. The zero-order chi connectivity index (χ0) is 16.8. The molecule has 0 bridgehead atoms. The molecule has 0 amide bonds. The Morgan fingerprint density at radius 1 is 1.43 bits per heavy atom. The first-order valence-corrected chi connectivity index (χ1v) is 8.76. The monoisotopic (exact) mass is 344 g/mol. The first-order chi connectivity index (χ1) is 10.9. The van der Waals surface area contributed by atoms with Crippen molar-refractivity contribution in [3.05, 3.63) is 18.0 Å². The third-order valence-electron chi connectivity index (χ3n) is 3.26. The highest BCUT2D eigenvalue weighted by Gasteiger charge is 2.40. The van der Waals surface area contributed by atoms with Gasteiger partial charge in [-0.1, -0.05) is 5.16 Å². The van der Waals surface area contributed by atoms with Crippen molar-refractivity contribution in [2.75, 3.05) is 26.4 Å². The average molecular weight is 344 g/mol. The third kappa shape index (κ3) is 5.20. The molecule has 1 aromatic heterocycles. The smallest absolute Gasteiger partial charge is 0.215 e. The molecule has 130 valence electrons. The Labute approximate surface area is 139 Å². The molecule has 0 aromatic carbocycles. The van der Waals surface area contributed by atoms with Crippen molar-refractivity contribution in [2.45, 2.75) is 44.1 Å². The summed E-state index contributed by atoms with van der Waals surface area (Å²) in [5.41, 5.74) is 0.650. The number of hydrogen-bond acceptors (Lipinski definition) is 6. The summed E-state index contributed by atoms with van der Waals surface area (Å²) in [5, 5.41) is 3.92. The normalized spacial score (nSPS) is 19.4. The molecule has 0 N–H and O–H groups in total. The van der Waals surface area contributed by atoms with Gasteiger partial charge in [0, 0.05) is 25.3 Å². The predicted octanol–water partition coefficient (Wildman–Crippen LogP) is 2.20. The van der Waals surface area contributed by atoms with Gasteiger partial charge >= 0.3 is 0 Å². The standard InChI is InChI=1S/C15H24N2O5S/c1-14(2,3)23(18)16-7-10-19-8-4-6-15(20-11-12-21-15)13-5-9-22-17-13/h5,7,9H,4,6,8,10-12H2,1-3H3/b16-7+/t23-/m1/s1. The minimum Gasteiger partial charge on any atom is -0.376 e. The quantitative estimate of drug-likeness (QED) is 0.531. The van der Waals surface area contributed by atoms with Crippen molar-refractivity contribution < 1.29 is 22.9 Å². The van der Waals surface area contributed by atoms with Gasteiger partial charge in [-0.3, -0.25) is 0 Å². The maximum absolute atomic E-state index is 11.7. The zero-order valence-electron chi connectivity index (χ0n) is 13.8. The van der Waals surface area contributed by atoms with E-state index in [9.17, 15) is 4.21 Å². The van der Waals surface area contributed by atoms with Crippen LogP contribution in [-0.2, 0) is 31.0 Å². The van der Waals surface area contributed by atoms with Crippen molar-refractivity contribution in [3.8, 4) is 0 Å². The van der Waals surface area contributed by atoms with Gasteiger partial charge in [0.25, 0.3) is 0 Å². The highest BCUT2D eigenvalue weighted by Crippen LogP contribution is 2.34. The molecule has 1 aliphatic rings. The van der Waals surface area contributed by atoms with Crippen LogP contribution in [0, 0.1) is 0 Å².